The van der Waals surface area contributed by atoms with E-state index >= 15 is 0 Å². The SMILES string of the molecule is O=C(O)c1csnc1-n1nccn1. The Morgan fingerprint density at radius 1 is 1.46 bits per heavy atom. The van der Waals surface area contributed by atoms with Gasteiger partial charge in [-0.2, -0.15) is 14.6 Å². The Bertz CT molecular complexity index is 422. The molecule has 0 aromatic carbocycles. The summed E-state index contributed by atoms with van der Waals surface area (Å²) in [5, 5.41) is 17.8. The summed E-state index contributed by atoms with van der Waals surface area (Å²) in [6.07, 6.45) is 2.93. The summed E-state index contributed by atoms with van der Waals surface area (Å²) in [7, 11) is 0. The molecular weight excluding hydrogens is 192 g/mol. The second-order valence-electron chi connectivity index (χ2n) is 2.18. The average Bonchev–Trinajstić information content (AvgIpc) is 2.74. The lowest BCUT2D eigenvalue weighted by Crippen LogP contribution is -2.06. The molecule has 0 unspecified atom stereocenters. The lowest BCUT2D eigenvalue weighted by atomic mass is 10.3. The number of hydrogen-bond donors (Lipinski definition) is 1. The average molecular weight is 196 g/mol. The monoisotopic (exact) mass is 196 g/mol. The third-order valence-corrected chi connectivity index (χ3v) is 2.01. The van der Waals surface area contributed by atoms with Gasteiger partial charge in [0.2, 0.25) is 5.82 Å². The van der Waals surface area contributed by atoms with E-state index < -0.39 is 5.97 Å². The van der Waals surface area contributed by atoms with E-state index in [0.717, 1.165) is 11.5 Å². The highest BCUT2D eigenvalue weighted by Crippen LogP contribution is 2.12. The molecule has 0 radical (unpaired) electrons. The van der Waals surface area contributed by atoms with E-state index in [1.54, 1.807) is 0 Å². The molecule has 6 nitrogen and oxygen atoms in total. The molecule has 0 amide bonds. The standard InChI is InChI=1S/C6H4N4O2S/c11-6(12)4-3-13-9-5(4)10-7-1-2-8-10/h1-3H,(H,11,12). The first kappa shape index (κ1) is 7.87. The van der Waals surface area contributed by atoms with E-state index in [1.807, 2.05) is 0 Å². The maximum absolute atomic E-state index is 10.7. The molecule has 0 aliphatic rings. The lowest BCUT2D eigenvalue weighted by molar-refractivity contribution is 0.0697. The summed E-state index contributed by atoms with van der Waals surface area (Å²) in [6.45, 7) is 0. The molecule has 0 saturated carbocycles. The number of aromatic carboxylic acids is 1. The van der Waals surface area contributed by atoms with E-state index in [9.17, 15) is 4.79 Å². The van der Waals surface area contributed by atoms with Crippen molar-refractivity contribution in [1.29, 1.82) is 0 Å². The van der Waals surface area contributed by atoms with E-state index in [0.29, 0.717) is 0 Å². The number of carbonyl (C=O) groups is 1. The fourth-order valence-corrected chi connectivity index (χ4v) is 1.48. The van der Waals surface area contributed by atoms with Crippen molar-refractivity contribution in [2.45, 2.75) is 0 Å². The van der Waals surface area contributed by atoms with Gasteiger partial charge in [0.25, 0.3) is 0 Å². The fraction of sp³-hybridized carbons (Fsp3) is 0. The van der Waals surface area contributed by atoms with Gasteiger partial charge < -0.3 is 5.11 Å². The molecule has 0 atom stereocenters. The molecule has 1 N–H and O–H groups in total. The normalized spacial score (nSPS) is 10.2. The summed E-state index contributed by atoms with van der Waals surface area (Å²) >= 11 is 1.06. The van der Waals surface area contributed by atoms with Gasteiger partial charge in [0.05, 0.1) is 12.4 Å². The van der Waals surface area contributed by atoms with Crippen LogP contribution in [0.4, 0.5) is 0 Å². The van der Waals surface area contributed by atoms with Crippen LogP contribution < -0.4 is 0 Å². The largest absolute Gasteiger partial charge is 0.478 e. The first-order valence-corrected chi connectivity index (χ1v) is 4.17. The second kappa shape index (κ2) is 2.94. The highest BCUT2D eigenvalue weighted by Gasteiger charge is 2.15. The first-order chi connectivity index (χ1) is 6.29. The lowest BCUT2D eigenvalue weighted by Gasteiger charge is -1.94. The zero-order valence-corrected chi connectivity index (χ0v) is 7.10. The Morgan fingerprint density at radius 2 is 2.15 bits per heavy atom. The minimum atomic E-state index is -1.03. The molecule has 2 aromatic heterocycles. The second-order valence-corrected chi connectivity index (χ2v) is 2.80. The van der Waals surface area contributed by atoms with Crippen LogP contribution in [0.25, 0.3) is 5.82 Å². The molecule has 2 heterocycles. The van der Waals surface area contributed by atoms with Crippen LogP contribution in [0.3, 0.4) is 0 Å². The summed E-state index contributed by atoms with van der Waals surface area (Å²) < 4.78 is 3.88. The molecule has 2 aromatic rings. The van der Waals surface area contributed by atoms with Crippen molar-refractivity contribution in [3.63, 3.8) is 0 Å². The maximum Gasteiger partial charge on any atom is 0.340 e. The van der Waals surface area contributed by atoms with Gasteiger partial charge in [0, 0.05) is 5.38 Å². The maximum atomic E-state index is 10.7. The van der Waals surface area contributed by atoms with Crippen molar-refractivity contribution in [1.82, 2.24) is 19.4 Å². The highest BCUT2D eigenvalue weighted by molar-refractivity contribution is 7.04. The number of rotatable bonds is 2. The Kier molecular flexibility index (Phi) is 1.78. The van der Waals surface area contributed by atoms with Gasteiger partial charge in [0.1, 0.15) is 5.56 Å². The van der Waals surface area contributed by atoms with Crippen LogP contribution in [-0.2, 0) is 0 Å². The van der Waals surface area contributed by atoms with Gasteiger partial charge in [0.15, 0.2) is 0 Å². The molecule has 0 aliphatic carbocycles. The van der Waals surface area contributed by atoms with Gasteiger partial charge in [-0.05, 0) is 11.5 Å². The zero-order chi connectivity index (χ0) is 9.26. The minimum Gasteiger partial charge on any atom is -0.478 e. The van der Waals surface area contributed by atoms with E-state index in [1.165, 1.54) is 22.6 Å². The third kappa shape index (κ3) is 1.29. The van der Waals surface area contributed by atoms with Crippen molar-refractivity contribution in [3.8, 4) is 5.82 Å². The van der Waals surface area contributed by atoms with Gasteiger partial charge in [-0.15, -0.1) is 4.80 Å². The smallest absolute Gasteiger partial charge is 0.340 e. The highest BCUT2D eigenvalue weighted by atomic mass is 32.1. The summed E-state index contributed by atoms with van der Waals surface area (Å²) in [6, 6.07) is 0. The summed E-state index contributed by atoms with van der Waals surface area (Å²) in [5.41, 5.74) is 0.112. The van der Waals surface area contributed by atoms with Crippen molar-refractivity contribution in [2.75, 3.05) is 0 Å². The Labute approximate surface area is 76.6 Å². The van der Waals surface area contributed by atoms with Gasteiger partial charge in [-0.1, -0.05) is 0 Å². The van der Waals surface area contributed by atoms with Gasteiger partial charge in [-0.25, -0.2) is 4.79 Å². The van der Waals surface area contributed by atoms with Crippen LogP contribution >= 0.6 is 11.5 Å². The van der Waals surface area contributed by atoms with E-state index in [4.69, 9.17) is 5.11 Å². The predicted molar refractivity (Wildman–Crippen MR) is 44.0 cm³/mol. The van der Waals surface area contributed by atoms with Gasteiger partial charge >= 0.3 is 5.97 Å². The van der Waals surface area contributed by atoms with Crippen molar-refractivity contribution in [2.24, 2.45) is 0 Å². The van der Waals surface area contributed by atoms with Crippen LogP contribution in [0.2, 0.25) is 0 Å². The Balaban J connectivity index is 2.52. The molecule has 0 saturated heterocycles. The van der Waals surface area contributed by atoms with Crippen LogP contribution in [0, 0.1) is 0 Å². The Hall–Kier alpha value is -1.76. The number of aromatic nitrogens is 4. The van der Waals surface area contributed by atoms with E-state index in [2.05, 4.69) is 14.6 Å². The topological polar surface area (TPSA) is 80.9 Å². The molecule has 7 heteroatoms. The molecule has 13 heavy (non-hydrogen) atoms. The van der Waals surface area contributed by atoms with Crippen molar-refractivity contribution in [3.05, 3.63) is 23.3 Å². The Morgan fingerprint density at radius 3 is 2.77 bits per heavy atom. The third-order valence-electron chi connectivity index (χ3n) is 1.39. The van der Waals surface area contributed by atoms with Crippen LogP contribution in [0.5, 0.6) is 0 Å². The molecule has 2 rings (SSSR count). The first-order valence-electron chi connectivity index (χ1n) is 3.33. The summed E-state index contributed by atoms with van der Waals surface area (Å²) in [4.78, 5) is 11.9. The molecular formula is C6H4N4O2S. The zero-order valence-electron chi connectivity index (χ0n) is 6.28. The van der Waals surface area contributed by atoms with Crippen LogP contribution in [0.15, 0.2) is 17.8 Å². The number of nitrogens with zero attached hydrogens (tertiary/aromatic N) is 4. The molecule has 66 valence electrons. The number of hydrogen-bond acceptors (Lipinski definition) is 5. The molecule has 0 spiro atoms. The molecule has 0 aliphatic heterocycles. The fourth-order valence-electron chi connectivity index (χ4n) is 0.846. The van der Waals surface area contributed by atoms with Crippen molar-refractivity contribution >= 4 is 17.5 Å². The van der Waals surface area contributed by atoms with E-state index in [-0.39, 0.29) is 11.4 Å². The predicted octanol–water partition coefficient (Wildman–Crippen LogP) is 0.422. The van der Waals surface area contributed by atoms with Gasteiger partial charge in [-0.3, -0.25) is 0 Å². The number of carboxylic acid groups (broad SMARTS) is 1. The quantitative estimate of drug-likeness (QED) is 0.752. The van der Waals surface area contributed by atoms with Crippen molar-refractivity contribution < 1.29 is 9.90 Å². The van der Waals surface area contributed by atoms with Crippen LogP contribution in [0.1, 0.15) is 10.4 Å². The molecule has 0 bridgehead atoms. The summed E-state index contributed by atoms with van der Waals surface area (Å²) in [5.74, 6) is -0.774. The van der Waals surface area contributed by atoms with Crippen LogP contribution in [-0.4, -0.2) is 30.4 Å². The molecule has 0 fully saturated rings. The minimum absolute atomic E-state index is 0.112. The number of carboxylic acids is 1.